The van der Waals surface area contributed by atoms with E-state index in [0.29, 0.717) is 37.1 Å². The van der Waals surface area contributed by atoms with Crippen LogP contribution in [-0.4, -0.2) is 65.3 Å². The van der Waals surface area contributed by atoms with Gasteiger partial charge in [-0.05, 0) is 73.2 Å². The standard InChI is InChI=1S/C28H31FN4O4/c29-22-6-9-23(10-7-22)36-16-15-32-11-13-33(14-12-32)28-30-18-25(27(34)35)26(31-28)19-37-24-8-5-20-3-1-2-4-21(20)17-24/h5-10,17-18H,1-4,11-16,19H2,(H,34,35). The van der Waals surface area contributed by atoms with Crippen molar-refractivity contribution in [2.24, 2.45) is 0 Å². The quantitative estimate of drug-likeness (QED) is 0.467. The smallest absolute Gasteiger partial charge is 0.339 e. The van der Waals surface area contributed by atoms with Crippen LogP contribution in [0.4, 0.5) is 10.3 Å². The topological polar surface area (TPSA) is 88.0 Å². The molecule has 0 unspecified atom stereocenters. The number of nitrogens with zero attached hydrogens (tertiary/aromatic N) is 4. The van der Waals surface area contributed by atoms with Crippen LogP contribution in [-0.2, 0) is 19.4 Å². The van der Waals surface area contributed by atoms with E-state index in [9.17, 15) is 14.3 Å². The number of aromatic nitrogens is 2. The number of anilines is 1. The fraction of sp³-hybridized carbons (Fsp3) is 0.393. The molecule has 2 heterocycles. The predicted octanol–water partition coefficient (Wildman–Crippen LogP) is 3.97. The van der Waals surface area contributed by atoms with E-state index in [0.717, 1.165) is 38.2 Å². The number of benzene rings is 2. The normalized spacial score (nSPS) is 15.8. The molecule has 2 aromatic carbocycles. The van der Waals surface area contributed by atoms with Crippen molar-refractivity contribution < 1.29 is 23.8 Å². The molecule has 5 rings (SSSR count). The Balaban J connectivity index is 1.17. The minimum Gasteiger partial charge on any atom is -0.492 e. The van der Waals surface area contributed by atoms with Gasteiger partial charge in [0.2, 0.25) is 5.95 Å². The Morgan fingerprint density at radius 1 is 0.946 bits per heavy atom. The zero-order valence-corrected chi connectivity index (χ0v) is 20.7. The van der Waals surface area contributed by atoms with Crippen LogP contribution in [0.5, 0.6) is 11.5 Å². The average molecular weight is 507 g/mol. The van der Waals surface area contributed by atoms with Gasteiger partial charge in [0.25, 0.3) is 0 Å². The molecule has 8 nitrogen and oxygen atoms in total. The lowest BCUT2D eigenvalue weighted by Crippen LogP contribution is -2.48. The molecule has 1 saturated heterocycles. The molecule has 3 aromatic rings. The third kappa shape index (κ3) is 6.35. The number of halogens is 1. The Kier molecular flexibility index (Phi) is 7.79. The van der Waals surface area contributed by atoms with Crippen molar-refractivity contribution in [3.63, 3.8) is 0 Å². The minimum absolute atomic E-state index is 0.0540. The summed E-state index contributed by atoms with van der Waals surface area (Å²) in [5.41, 5.74) is 3.10. The molecule has 1 aliphatic carbocycles. The summed E-state index contributed by atoms with van der Waals surface area (Å²) in [7, 11) is 0. The van der Waals surface area contributed by atoms with Crippen molar-refractivity contribution in [1.29, 1.82) is 0 Å². The first kappa shape index (κ1) is 25.0. The van der Waals surface area contributed by atoms with Crippen LogP contribution < -0.4 is 14.4 Å². The van der Waals surface area contributed by atoms with Gasteiger partial charge in [-0.15, -0.1) is 0 Å². The van der Waals surface area contributed by atoms with Crippen LogP contribution in [0, 0.1) is 5.82 Å². The molecule has 9 heteroatoms. The van der Waals surface area contributed by atoms with Crippen molar-refractivity contribution >= 4 is 11.9 Å². The van der Waals surface area contributed by atoms with E-state index in [1.54, 1.807) is 12.1 Å². The second-order valence-corrected chi connectivity index (χ2v) is 9.39. The third-order valence-electron chi connectivity index (χ3n) is 6.93. The molecule has 0 bridgehead atoms. The Labute approximate surface area is 215 Å². The zero-order valence-electron chi connectivity index (χ0n) is 20.7. The van der Waals surface area contributed by atoms with Gasteiger partial charge in [-0.2, -0.15) is 0 Å². The van der Waals surface area contributed by atoms with Gasteiger partial charge >= 0.3 is 5.97 Å². The van der Waals surface area contributed by atoms with Gasteiger partial charge in [-0.1, -0.05) is 6.07 Å². The lowest BCUT2D eigenvalue weighted by Gasteiger charge is -2.34. The van der Waals surface area contributed by atoms with Gasteiger partial charge in [-0.25, -0.2) is 19.2 Å². The van der Waals surface area contributed by atoms with Crippen LogP contribution >= 0.6 is 0 Å². The maximum atomic E-state index is 13.0. The number of hydrogen-bond acceptors (Lipinski definition) is 7. The minimum atomic E-state index is -1.07. The number of aromatic carboxylic acids is 1. The number of carboxylic acids is 1. The summed E-state index contributed by atoms with van der Waals surface area (Å²) in [6, 6.07) is 12.1. The molecule has 1 fully saturated rings. The van der Waals surface area contributed by atoms with E-state index < -0.39 is 5.97 Å². The second kappa shape index (κ2) is 11.6. The first-order chi connectivity index (χ1) is 18.0. The number of carbonyl (C=O) groups is 1. The molecule has 1 aromatic heterocycles. The van der Waals surface area contributed by atoms with E-state index in [4.69, 9.17) is 9.47 Å². The SMILES string of the molecule is O=C(O)c1cnc(N2CCN(CCOc3ccc(F)cc3)CC2)nc1COc1ccc2c(c1)CCCC2. The van der Waals surface area contributed by atoms with Crippen LogP contribution in [0.2, 0.25) is 0 Å². The Bertz CT molecular complexity index is 1230. The first-order valence-corrected chi connectivity index (χ1v) is 12.7. The van der Waals surface area contributed by atoms with Crippen LogP contribution in [0.1, 0.15) is 40.0 Å². The van der Waals surface area contributed by atoms with Gasteiger partial charge in [-0.3, -0.25) is 4.90 Å². The number of hydrogen-bond donors (Lipinski definition) is 1. The van der Waals surface area contributed by atoms with Gasteiger partial charge in [0.05, 0.1) is 5.69 Å². The summed E-state index contributed by atoms with van der Waals surface area (Å²) >= 11 is 0. The Morgan fingerprint density at radius 3 is 2.43 bits per heavy atom. The van der Waals surface area contributed by atoms with Crippen molar-refractivity contribution in [2.45, 2.75) is 32.3 Å². The highest BCUT2D eigenvalue weighted by Crippen LogP contribution is 2.26. The number of piperazine rings is 1. The van der Waals surface area contributed by atoms with E-state index in [-0.39, 0.29) is 18.0 Å². The maximum absolute atomic E-state index is 13.0. The molecule has 1 N–H and O–H groups in total. The summed E-state index contributed by atoms with van der Waals surface area (Å²) < 4.78 is 24.7. The molecule has 0 radical (unpaired) electrons. The van der Waals surface area contributed by atoms with E-state index in [2.05, 4.69) is 31.9 Å². The first-order valence-electron chi connectivity index (χ1n) is 12.7. The summed E-state index contributed by atoms with van der Waals surface area (Å²) in [5.74, 6) is 0.541. The number of aryl methyl sites for hydroxylation is 2. The fourth-order valence-electron chi connectivity index (χ4n) is 4.79. The van der Waals surface area contributed by atoms with Crippen LogP contribution in [0.15, 0.2) is 48.7 Å². The molecule has 0 atom stereocenters. The van der Waals surface area contributed by atoms with Crippen molar-refractivity contribution in [3.8, 4) is 11.5 Å². The summed E-state index contributed by atoms with van der Waals surface area (Å²) in [6.45, 7) is 4.37. The van der Waals surface area contributed by atoms with E-state index in [1.807, 2.05) is 6.07 Å². The van der Waals surface area contributed by atoms with Gasteiger partial charge in [0.15, 0.2) is 0 Å². The molecule has 0 amide bonds. The van der Waals surface area contributed by atoms with Gasteiger partial charge in [0, 0.05) is 38.9 Å². The molecular formula is C28H31FN4O4. The Hall–Kier alpha value is -3.72. The molecule has 0 saturated carbocycles. The largest absolute Gasteiger partial charge is 0.492 e. The highest BCUT2D eigenvalue weighted by atomic mass is 19.1. The third-order valence-corrected chi connectivity index (χ3v) is 6.93. The number of ether oxygens (including phenoxy) is 2. The molecule has 2 aliphatic rings. The molecular weight excluding hydrogens is 475 g/mol. The molecule has 37 heavy (non-hydrogen) atoms. The number of rotatable bonds is 9. The number of fused-ring (bicyclic) bond motifs is 1. The maximum Gasteiger partial charge on any atom is 0.339 e. The van der Waals surface area contributed by atoms with E-state index >= 15 is 0 Å². The summed E-state index contributed by atoms with van der Waals surface area (Å²) in [5, 5.41) is 9.65. The molecule has 0 spiro atoms. The number of carboxylic acid groups (broad SMARTS) is 1. The predicted molar refractivity (Wildman–Crippen MR) is 137 cm³/mol. The van der Waals surface area contributed by atoms with E-state index in [1.165, 1.54) is 42.3 Å². The van der Waals surface area contributed by atoms with Crippen LogP contribution in [0.25, 0.3) is 0 Å². The Morgan fingerprint density at radius 2 is 1.68 bits per heavy atom. The molecule has 194 valence electrons. The van der Waals surface area contributed by atoms with Gasteiger partial charge < -0.3 is 19.5 Å². The van der Waals surface area contributed by atoms with Crippen molar-refractivity contribution in [3.05, 3.63) is 76.9 Å². The lowest BCUT2D eigenvalue weighted by atomic mass is 9.92. The zero-order chi connectivity index (χ0) is 25.6. The van der Waals surface area contributed by atoms with Crippen molar-refractivity contribution in [2.75, 3.05) is 44.2 Å². The molecule has 1 aliphatic heterocycles. The average Bonchev–Trinajstić information content (AvgIpc) is 2.93. The fourth-order valence-corrected chi connectivity index (χ4v) is 4.79. The van der Waals surface area contributed by atoms with Crippen LogP contribution in [0.3, 0.4) is 0 Å². The van der Waals surface area contributed by atoms with Crippen molar-refractivity contribution in [1.82, 2.24) is 14.9 Å². The van der Waals surface area contributed by atoms with Gasteiger partial charge in [0.1, 0.15) is 36.1 Å². The highest BCUT2D eigenvalue weighted by Gasteiger charge is 2.22. The summed E-state index contributed by atoms with van der Waals surface area (Å²) in [4.78, 5) is 25.1. The highest BCUT2D eigenvalue weighted by molar-refractivity contribution is 5.88. The monoisotopic (exact) mass is 506 g/mol. The lowest BCUT2D eigenvalue weighted by molar-refractivity contribution is 0.0692. The second-order valence-electron chi connectivity index (χ2n) is 9.39. The summed E-state index contributed by atoms with van der Waals surface area (Å²) in [6.07, 6.45) is 5.93.